The van der Waals surface area contributed by atoms with Crippen LogP contribution in [0.2, 0.25) is 5.02 Å². The lowest BCUT2D eigenvalue weighted by atomic mass is 10.2. The fraction of sp³-hybridized carbons (Fsp3) is 0.417. The van der Waals surface area contributed by atoms with E-state index in [0.29, 0.717) is 17.1 Å². The summed E-state index contributed by atoms with van der Waals surface area (Å²) in [4.78, 5) is 4.63. The van der Waals surface area contributed by atoms with Crippen molar-refractivity contribution in [3.8, 4) is 0 Å². The highest BCUT2D eigenvalue weighted by atomic mass is 79.9. The Morgan fingerprint density at radius 2 is 2.29 bits per heavy atom. The summed E-state index contributed by atoms with van der Waals surface area (Å²) >= 11 is 9.65. The number of fused-ring (bicyclic) bond motifs is 2. The van der Waals surface area contributed by atoms with E-state index in [1.54, 1.807) is 0 Å². The monoisotopic (exact) mass is 313 g/mol. The van der Waals surface area contributed by atoms with E-state index in [0.717, 1.165) is 22.5 Å². The molecule has 5 heteroatoms. The second-order valence-corrected chi connectivity index (χ2v) is 5.77. The Hall–Kier alpha value is -0.740. The average molecular weight is 315 g/mol. The molecule has 2 atom stereocenters. The van der Waals surface area contributed by atoms with Gasteiger partial charge in [-0.1, -0.05) is 17.7 Å². The highest BCUT2D eigenvalue weighted by Crippen LogP contribution is 2.31. The van der Waals surface area contributed by atoms with Crippen LogP contribution in [0.15, 0.2) is 27.7 Å². The summed E-state index contributed by atoms with van der Waals surface area (Å²) in [6.45, 7) is 0. The highest BCUT2D eigenvalue weighted by Gasteiger charge is 2.29. The van der Waals surface area contributed by atoms with Gasteiger partial charge in [-0.15, -0.1) is 0 Å². The normalized spacial score (nSPS) is 26.4. The molecule has 2 aliphatic rings. The maximum atomic E-state index is 6.16. The van der Waals surface area contributed by atoms with Gasteiger partial charge in [-0.05, 0) is 47.3 Å². The van der Waals surface area contributed by atoms with E-state index in [2.05, 4.69) is 31.6 Å². The Morgan fingerprint density at radius 3 is 3.06 bits per heavy atom. The summed E-state index contributed by atoms with van der Waals surface area (Å²) < 4.78 is 0.951. The number of benzene rings is 1. The predicted molar refractivity (Wildman–Crippen MR) is 74.8 cm³/mol. The van der Waals surface area contributed by atoms with Gasteiger partial charge in [0.1, 0.15) is 0 Å². The van der Waals surface area contributed by atoms with E-state index in [4.69, 9.17) is 11.6 Å². The fourth-order valence-corrected chi connectivity index (χ4v) is 3.22. The smallest absolute Gasteiger partial charge is 0.196 e. The molecular formula is C12H13BrClN3. The van der Waals surface area contributed by atoms with Crippen molar-refractivity contribution >= 4 is 39.2 Å². The Morgan fingerprint density at radius 1 is 1.41 bits per heavy atom. The molecule has 3 rings (SSSR count). The predicted octanol–water partition coefficient (Wildman–Crippen LogP) is 3.39. The van der Waals surface area contributed by atoms with Crippen LogP contribution in [0.25, 0.3) is 0 Å². The van der Waals surface area contributed by atoms with Crippen LogP contribution < -0.4 is 10.6 Å². The van der Waals surface area contributed by atoms with Crippen LogP contribution >= 0.6 is 27.5 Å². The number of hydrogen-bond acceptors (Lipinski definition) is 3. The first-order valence-corrected chi connectivity index (χ1v) is 6.95. The van der Waals surface area contributed by atoms with E-state index < -0.39 is 0 Å². The molecule has 0 radical (unpaired) electrons. The fourth-order valence-electron chi connectivity index (χ4n) is 2.42. The van der Waals surface area contributed by atoms with Crippen LogP contribution in [0.3, 0.4) is 0 Å². The van der Waals surface area contributed by atoms with Crippen LogP contribution in [-0.4, -0.2) is 18.0 Å². The lowest BCUT2D eigenvalue weighted by molar-refractivity contribution is 0.582. The summed E-state index contributed by atoms with van der Waals surface area (Å²) in [5, 5.41) is 7.38. The van der Waals surface area contributed by atoms with Crippen molar-refractivity contribution in [2.45, 2.75) is 31.3 Å². The molecule has 0 aromatic heterocycles. The quantitative estimate of drug-likeness (QED) is 0.833. The Bertz CT molecular complexity index is 455. The molecule has 0 amide bonds. The van der Waals surface area contributed by atoms with E-state index in [1.165, 1.54) is 12.8 Å². The zero-order chi connectivity index (χ0) is 11.8. The van der Waals surface area contributed by atoms with Crippen molar-refractivity contribution in [3.63, 3.8) is 0 Å². The van der Waals surface area contributed by atoms with Gasteiger partial charge in [-0.3, -0.25) is 0 Å². The van der Waals surface area contributed by atoms with Gasteiger partial charge in [0.05, 0.1) is 16.8 Å². The summed E-state index contributed by atoms with van der Waals surface area (Å²) in [5.41, 5.74) is 0.877. The van der Waals surface area contributed by atoms with Gasteiger partial charge >= 0.3 is 0 Å². The standard InChI is InChI=1S/C12H13BrClN3/c13-9-2-1-3-10(14)11(9)17-12-15-7-4-5-8(6-7)16-12/h1-3,7-8H,4-6H2,(H2,15,16,17). The summed E-state index contributed by atoms with van der Waals surface area (Å²) in [5.74, 6) is 0.845. The molecule has 1 fully saturated rings. The number of anilines is 1. The molecule has 2 unspecified atom stereocenters. The lowest BCUT2D eigenvalue weighted by Gasteiger charge is -2.22. The van der Waals surface area contributed by atoms with Crippen molar-refractivity contribution < 1.29 is 0 Å². The van der Waals surface area contributed by atoms with Crippen LogP contribution in [-0.2, 0) is 0 Å². The Kier molecular flexibility index (Phi) is 3.01. The van der Waals surface area contributed by atoms with Crippen molar-refractivity contribution in [3.05, 3.63) is 27.7 Å². The van der Waals surface area contributed by atoms with E-state index >= 15 is 0 Å². The van der Waals surface area contributed by atoms with Gasteiger partial charge in [-0.2, -0.15) is 0 Å². The third-order valence-corrected chi connectivity index (χ3v) is 4.24. The third-order valence-electron chi connectivity index (χ3n) is 3.26. The molecule has 2 bridgehead atoms. The largest absolute Gasteiger partial charge is 0.353 e. The molecule has 1 aromatic carbocycles. The first-order chi connectivity index (χ1) is 8.22. The third kappa shape index (κ3) is 2.29. The molecule has 17 heavy (non-hydrogen) atoms. The van der Waals surface area contributed by atoms with E-state index in [-0.39, 0.29) is 0 Å². The average Bonchev–Trinajstić information content (AvgIpc) is 2.64. The first-order valence-electron chi connectivity index (χ1n) is 5.78. The molecule has 1 aromatic rings. The SMILES string of the molecule is Clc1cccc(Br)c1NC1=NC2CCC(C2)N1. The number of aliphatic imine (C=N–C) groups is 1. The van der Waals surface area contributed by atoms with E-state index in [1.807, 2.05) is 18.2 Å². The van der Waals surface area contributed by atoms with Crippen molar-refractivity contribution in [2.75, 3.05) is 5.32 Å². The molecule has 1 saturated carbocycles. The number of hydrogen-bond donors (Lipinski definition) is 2. The Balaban J connectivity index is 1.83. The van der Waals surface area contributed by atoms with Gasteiger partial charge in [0, 0.05) is 10.5 Å². The van der Waals surface area contributed by atoms with Crippen LogP contribution in [0.5, 0.6) is 0 Å². The van der Waals surface area contributed by atoms with Gasteiger partial charge in [0.2, 0.25) is 0 Å². The van der Waals surface area contributed by atoms with Gasteiger partial charge < -0.3 is 10.6 Å². The maximum absolute atomic E-state index is 6.16. The molecule has 1 aliphatic heterocycles. The van der Waals surface area contributed by atoms with Gasteiger partial charge in [0.25, 0.3) is 0 Å². The molecular weight excluding hydrogens is 302 g/mol. The minimum atomic E-state index is 0.477. The minimum absolute atomic E-state index is 0.477. The number of halogens is 2. The molecule has 0 spiro atoms. The molecule has 0 saturated heterocycles. The van der Waals surface area contributed by atoms with Crippen LogP contribution in [0.4, 0.5) is 5.69 Å². The minimum Gasteiger partial charge on any atom is -0.353 e. The summed E-state index contributed by atoms with van der Waals surface area (Å²) in [6, 6.07) is 6.79. The summed E-state index contributed by atoms with van der Waals surface area (Å²) in [6.07, 6.45) is 3.56. The van der Waals surface area contributed by atoms with Crippen LogP contribution in [0.1, 0.15) is 19.3 Å². The van der Waals surface area contributed by atoms with Gasteiger partial charge in [-0.25, -0.2) is 4.99 Å². The van der Waals surface area contributed by atoms with Crippen LogP contribution in [0, 0.1) is 0 Å². The van der Waals surface area contributed by atoms with Crippen molar-refractivity contribution in [1.29, 1.82) is 0 Å². The molecule has 90 valence electrons. The zero-order valence-corrected chi connectivity index (χ0v) is 11.6. The number of nitrogens with zero attached hydrogens (tertiary/aromatic N) is 1. The second kappa shape index (κ2) is 4.50. The number of guanidine groups is 1. The Labute approximate surface area is 114 Å². The van der Waals surface area contributed by atoms with Crippen molar-refractivity contribution in [1.82, 2.24) is 5.32 Å². The molecule has 2 N–H and O–H groups in total. The van der Waals surface area contributed by atoms with E-state index in [9.17, 15) is 0 Å². The second-order valence-electron chi connectivity index (χ2n) is 4.51. The first kappa shape index (κ1) is 11.4. The lowest BCUT2D eigenvalue weighted by Crippen LogP contribution is -2.41. The summed E-state index contributed by atoms with van der Waals surface area (Å²) in [7, 11) is 0. The maximum Gasteiger partial charge on any atom is 0.196 e. The highest BCUT2D eigenvalue weighted by molar-refractivity contribution is 9.10. The molecule has 1 aliphatic carbocycles. The zero-order valence-electron chi connectivity index (χ0n) is 9.21. The number of rotatable bonds is 1. The van der Waals surface area contributed by atoms with Gasteiger partial charge in [0.15, 0.2) is 5.96 Å². The topological polar surface area (TPSA) is 36.4 Å². The van der Waals surface area contributed by atoms with Crippen molar-refractivity contribution in [2.24, 2.45) is 4.99 Å². The molecule has 3 nitrogen and oxygen atoms in total. The number of nitrogens with one attached hydrogen (secondary N) is 2. The number of para-hydroxylation sites is 1. The molecule has 1 heterocycles.